The number of benzene rings is 1. The monoisotopic (exact) mass is 549 g/mol. The molecule has 15 heteroatoms. The van der Waals surface area contributed by atoms with Crippen LogP contribution < -0.4 is 26.1 Å². The molecule has 0 amide bonds. The Morgan fingerprint density at radius 2 is 2.00 bits per heavy atom. The summed E-state index contributed by atoms with van der Waals surface area (Å²) >= 11 is 0. The lowest BCUT2D eigenvalue weighted by molar-refractivity contribution is 0.473. The number of rotatable bonds is 9. The van der Waals surface area contributed by atoms with Crippen LogP contribution in [0.1, 0.15) is 25.8 Å². The Morgan fingerprint density at radius 1 is 1.24 bits per heavy atom. The fourth-order valence-corrected chi connectivity index (χ4v) is 5.83. The molecule has 1 aliphatic heterocycles. The van der Waals surface area contributed by atoms with Gasteiger partial charge in [-0.05, 0) is 42.7 Å². The average Bonchev–Trinajstić information content (AvgIpc) is 2.82. The van der Waals surface area contributed by atoms with Crippen LogP contribution >= 0.6 is 0 Å². The highest BCUT2D eigenvalue weighted by Crippen LogP contribution is 2.33. The van der Waals surface area contributed by atoms with E-state index in [4.69, 9.17) is 5.73 Å². The van der Waals surface area contributed by atoms with Crippen molar-refractivity contribution in [2.24, 2.45) is 16.0 Å². The molecule has 2 aromatic heterocycles. The second kappa shape index (κ2) is 10.1. The number of anilines is 2. The molecule has 0 spiro atoms. The first kappa shape index (κ1) is 26.5. The minimum atomic E-state index is -4.38. The number of hydrogen-bond donors (Lipinski definition) is 5. The number of hydrogen-bond acceptors (Lipinski definition) is 9. The number of nitrogens with one attached hydrogen (secondary N) is 3. The van der Waals surface area contributed by atoms with E-state index in [1.165, 1.54) is 22.9 Å². The summed E-state index contributed by atoms with van der Waals surface area (Å²) in [4.78, 5) is 17.4. The Hall–Kier alpha value is -3.53. The fourth-order valence-electron chi connectivity index (χ4n) is 3.79. The lowest BCUT2D eigenvalue weighted by atomic mass is 10.1. The van der Waals surface area contributed by atoms with Crippen LogP contribution in [0.25, 0.3) is 11.0 Å². The minimum Gasteiger partial charge on any atom is -0.506 e. The van der Waals surface area contributed by atoms with Gasteiger partial charge in [0.1, 0.15) is 21.9 Å². The first-order valence-electron chi connectivity index (χ1n) is 11.4. The predicted molar refractivity (Wildman–Crippen MR) is 141 cm³/mol. The Bertz CT molecular complexity index is 1660. The van der Waals surface area contributed by atoms with Gasteiger partial charge < -0.3 is 16.2 Å². The third-order valence-corrected chi connectivity index (χ3v) is 7.98. The van der Waals surface area contributed by atoms with Gasteiger partial charge in [0.05, 0.1) is 16.8 Å². The van der Waals surface area contributed by atoms with Crippen LogP contribution in [0.5, 0.6) is 5.75 Å². The molecule has 0 atom stereocenters. The van der Waals surface area contributed by atoms with Crippen molar-refractivity contribution in [3.05, 3.63) is 52.4 Å². The number of aromatic hydroxyl groups is 1. The molecule has 0 bridgehead atoms. The summed E-state index contributed by atoms with van der Waals surface area (Å²) in [6.45, 7) is 4.38. The van der Waals surface area contributed by atoms with E-state index in [0.29, 0.717) is 13.0 Å². The summed E-state index contributed by atoms with van der Waals surface area (Å²) in [6.07, 6.45) is 2.15. The second-order valence-electron chi connectivity index (χ2n) is 8.78. The van der Waals surface area contributed by atoms with Gasteiger partial charge in [-0.2, -0.15) is 21.6 Å². The van der Waals surface area contributed by atoms with E-state index in [2.05, 4.69) is 24.1 Å². The van der Waals surface area contributed by atoms with Gasteiger partial charge in [-0.15, -0.1) is 4.40 Å². The molecule has 3 heterocycles. The van der Waals surface area contributed by atoms with Crippen molar-refractivity contribution >= 4 is 48.5 Å². The van der Waals surface area contributed by atoms with Crippen molar-refractivity contribution < 1.29 is 21.9 Å². The van der Waals surface area contributed by atoms with Gasteiger partial charge in [-0.3, -0.25) is 14.1 Å². The van der Waals surface area contributed by atoms with E-state index in [-0.39, 0.29) is 57.7 Å². The van der Waals surface area contributed by atoms with Crippen LogP contribution in [0, 0.1) is 5.92 Å². The Morgan fingerprint density at radius 3 is 2.70 bits per heavy atom. The van der Waals surface area contributed by atoms with E-state index < -0.39 is 31.5 Å². The van der Waals surface area contributed by atoms with E-state index in [1.807, 2.05) is 13.8 Å². The van der Waals surface area contributed by atoms with Crippen LogP contribution in [-0.4, -0.2) is 50.4 Å². The van der Waals surface area contributed by atoms with Crippen LogP contribution in [0.15, 0.2) is 50.6 Å². The summed E-state index contributed by atoms with van der Waals surface area (Å²) in [5.41, 5.74) is 4.65. The third-order valence-electron chi connectivity index (χ3n) is 5.57. The molecule has 198 valence electrons. The van der Waals surface area contributed by atoms with Crippen LogP contribution in [0.4, 0.5) is 11.4 Å². The molecule has 6 N–H and O–H groups in total. The summed E-state index contributed by atoms with van der Waals surface area (Å²) in [5.74, 6) is -0.524. The number of aromatic nitrogens is 2. The van der Waals surface area contributed by atoms with Crippen molar-refractivity contribution in [3.8, 4) is 5.75 Å². The van der Waals surface area contributed by atoms with E-state index in [0.717, 1.165) is 6.07 Å². The van der Waals surface area contributed by atoms with Crippen LogP contribution in [0.2, 0.25) is 0 Å². The molecule has 1 aliphatic rings. The van der Waals surface area contributed by atoms with Gasteiger partial charge in [0, 0.05) is 25.8 Å². The van der Waals surface area contributed by atoms with Gasteiger partial charge in [0.25, 0.3) is 25.8 Å². The zero-order chi connectivity index (χ0) is 27.0. The van der Waals surface area contributed by atoms with Crippen LogP contribution in [-0.2, 0) is 26.8 Å². The van der Waals surface area contributed by atoms with E-state index in [9.17, 15) is 26.7 Å². The molecule has 3 aromatic rings. The molecule has 4 rings (SSSR count). The maximum absolute atomic E-state index is 13.5. The molecular weight excluding hydrogens is 522 g/mol. The summed E-state index contributed by atoms with van der Waals surface area (Å²) in [6, 6.07) is 6.95. The first-order valence-corrected chi connectivity index (χ1v) is 14.3. The van der Waals surface area contributed by atoms with Crippen molar-refractivity contribution in [3.63, 3.8) is 0 Å². The molecule has 0 aliphatic carbocycles. The average molecular weight is 550 g/mol. The molecular formula is C22H27N7O6S2. The zero-order valence-corrected chi connectivity index (χ0v) is 21.7. The van der Waals surface area contributed by atoms with E-state index in [1.54, 1.807) is 12.1 Å². The van der Waals surface area contributed by atoms with Crippen molar-refractivity contribution in [2.45, 2.75) is 31.7 Å². The largest absolute Gasteiger partial charge is 0.506 e. The zero-order valence-electron chi connectivity index (χ0n) is 20.1. The third kappa shape index (κ3) is 5.44. The number of sulfonamides is 1. The Kier molecular flexibility index (Phi) is 7.23. The quantitative estimate of drug-likeness (QED) is 0.257. The molecule has 0 unspecified atom stereocenters. The predicted octanol–water partition coefficient (Wildman–Crippen LogP) is 0.914. The van der Waals surface area contributed by atoms with Gasteiger partial charge in [-0.25, -0.2) is 4.98 Å². The first-order chi connectivity index (χ1) is 17.4. The van der Waals surface area contributed by atoms with Crippen molar-refractivity contribution in [2.75, 3.05) is 23.1 Å². The van der Waals surface area contributed by atoms with E-state index >= 15 is 0 Å². The number of fused-ring (bicyclic) bond motifs is 2. The van der Waals surface area contributed by atoms with Gasteiger partial charge in [0.15, 0.2) is 5.84 Å². The van der Waals surface area contributed by atoms with Gasteiger partial charge >= 0.3 is 0 Å². The summed E-state index contributed by atoms with van der Waals surface area (Å²) < 4.78 is 59.9. The highest BCUT2D eigenvalue weighted by Gasteiger charge is 2.30. The van der Waals surface area contributed by atoms with Gasteiger partial charge in [0.2, 0.25) is 0 Å². The molecule has 0 fully saturated rings. The smallest absolute Gasteiger partial charge is 0.299 e. The number of nitrogens with zero attached hydrogens (tertiary/aromatic N) is 3. The lowest BCUT2D eigenvalue weighted by Crippen LogP contribution is -2.34. The SMILES string of the molecule is CC(C)CCn1c(=O)c(C2=NS(=O)(=O)c3cc(NS(=O)(=O)NCCN)ccc3N2)c(O)c2cccnc21. The molecule has 13 nitrogen and oxygen atoms in total. The highest BCUT2D eigenvalue weighted by atomic mass is 32.2. The fraction of sp³-hybridized carbons (Fsp3) is 0.318. The van der Waals surface area contributed by atoms with Crippen molar-refractivity contribution in [1.29, 1.82) is 0 Å². The Balaban J connectivity index is 1.80. The molecule has 0 saturated heterocycles. The number of pyridine rings is 2. The molecule has 1 aromatic carbocycles. The molecule has 0 saturated carbocycles. The summed E-state index contributed by atoms with van der Waals surface area (Å²) in [5, 5.41) is 14.0. The maximum Gasteiger partial charge on any atom is 0.299 e. The number of amidine groups is 1. The number of aryl methyl sites for hydroxylation is 1. The maximum atomic E-state index is 13.5. The normalized spacial score (nSPS) is 14.8. The lowest BCUT2D eigenvalue weighted by Gasteiger charge is -2.21. The highest BCUT2D eigenvalue weighted by molar-refractivity contribution is 7.91. The van der Waals surface area contributed by atoms with Crippen molar-refractivity contribution in [1.82, 2.24) is 14.3 Å². The molecule has 37 heavy (non-hydrogen) atoms. The number of nitrogens with two attached hydrogens (primary N) is 1. The second-order valence-corrected chi connectivity index (χ2v) is 11.8. The minimum absolute atomic E-state index is 0.00670. The van der Waals surface area contributed by atoms with Gasteiger partial charge in [-0.1, -0.05) is 13.8 Å². The summed E-state index contributed by atoms with van der Waals surface area (Å²) in [7, 11) is -8.36. The Labute approximate surface area is 213 Å². The topological polar surface area (TPSA) is 198 Å². The standard InChI is InChI=1S/C22H27N7O6S2/c1-13(2)7-11-29-21-15(4-3-9-24-21)19(30)18(22(29)31)20-26-16-6-5-14(12-17(16)36(32,33)28-20)27-37(34,35)25-10-8-23/h3-6,9,12-13,25,27,30H,7-8,10-11,23H2,1-2H3,(H,26,28). The van der Waals surface area contributed by atoms with Crippen LogP contribution in [0.3, 0.4) is 0 Å². The molecule has 0 radical (unpaired) electrons.